The van der Waals surface area contributed by atoms with Crippen LogP contribution in [0, 0.1) is 5.92 Å². The number of carbonyl (C=O) groups excluding carboxylic acids is 1. The van der Waals surface area contributed by atoms with Gasteiger partial charge in [0.1, 0.15) is 16.9 Å². The van der Waals surface area contributed by atoms with Gasteiger partial charge in [-0.3, -0.25) is 14.8 Å². The highest BCUT2D eigenvalue weighted by atomic mass is 16.7. The van der Waals surface area contributed by atoms with Gasteiger partial charge in [-0.1, -0.05) is 12.1 Å². The van der Waals surface area contributed by atoms with Gasteiger partial charge in [-0.15, -0.1) is 0 Å². The summed E-state index contributed by atoms with van der Waals surface area (Å²) >= 11 is 0. The third kappa shape index (κ3) is 3.85. The minimum absolute atomic E-state index is 0.0694. The third-order valence-electron chi connectivity index (χ3n) is 5.57. The fourth-order valence-corrected chi connectivity index (χ4v) is 4.16. The number of ether oxygens (including phenoxy) is 2. The molecule has 0 saturated carbocycles. The Kier molecular flexibility index (Phi) is 5.38. The Balaban J connectivity index is 1.63. The number of likely N-dealkylation sites (tertiary alicyclic amines) is 1. The Hall–Kier alpha value is -2.71. The van der Waals surface area contributed by atoms with Gasteiger partial charge in [-0.25, -0.2) is 4.79 Å². The highest BCUT2D eigenvalue weighted by Crippen LogP contribution is 2.47. The van der Waals surface area contributed by atoms with Crippen molar-refractivity contribution in [2.75, 3.05) is 26.8 Å². The molecule has 4 rings (SSSR count). The topological polar surface area (TPSA) is 77.0 Å². The first kappa shape index (κ1) is 20.6. The second-order valence-corrected chi connectivity index (χ2v) is 8.75. The molecule has 1 aromatic heterocycles. The van der Waals surface area contributed by atoms with Crippen molar-refractivity contribution < 1.29 is 19.1 Å². The summed E-state index contributed by atoms with van der Waals surface area (Å²) in [4.78, 5) is 29.6. The summed E-state index contributed by atoms with van der Waals surface area (Å²) in [6, 6.07) is 7.89. The molecule has 2 atom stereocenters. The lowest BCUT2D eigenvalue weighted by Gasteiger charge is -2.35. The van der Waals surface area contributed by atoms with Gasteiger partial charge in [0.2, 0.25) is 0 Å². The molecule has 0 spiro atoms. The summed E-state index contributed by atoms with van der Waals surface area (Å²) < 4.78 is 10.9. The molecule has 8 heteroatoms. The molecular formula is C22H28N4O4. The summed E-state index contributed by atoms with van der Waals surface area (Å²) in [7, 11) is 1.65. The predicted octanol–water partition coefficient (Wildman–Crippen LogP) is 2.99. The maximum absolute atomic E-state index is 12.8. The molecular weight excluding hydrogens is 384 g/mol. The Bertz CT molecular complexity index is 884. The van der Waals surface area contributed by atoms with Gasteiger partial charge < -0.3 is 14.4 Å². The molecule has 30 heavy (non-hydrogen) atoms. The predicted molar refractivity (Wildman–Crippen MR) is 109 cm³/mol. The summed E-state index contributed by atoms with van der Waals surface area (Å²) in [6.07, 6.45) is 4.78. The molecule has 2 fully saturated rings. The van der Waals surface area contributed by atoms with Crippen LogP contribution in [0.2, 0.25) is 0 Å². The first-order chi connectivity index (χ1) is 14.3. The zero-order valence-corrected chi connectivity index (χ0v) is 17.9. The van der Waals surface area contributed by atoms with Crippen LogP contribution >= 0.6 is 0 Å². The lowest BCUT2D eigenvalue weighted by Crippen LogP contribution is -2.47. The van der Waals surface area contributed by atoms with E-state index in [2.05, 4.69) is 9.97 Å². The summed E-state index contributed by atoms with van der Waals surface area (Å²) in [5, 5.41) is 1.95. The van der Waals surface area contributed by atoms with E-state index in [1.165, 1.54) is 0 Å². The fraction of sp³-hybridized carbons (Fsp3) is 0.500. The van der Waals surface area contributed by atoms with E-state index in [1.807, 2.05) is 50.1 Å². The molecule has 2 saturated heterocycles. The molecule has 0 bridgehead atoms. The zero-order valence-electron chi connectivity index (χ0n) is 17.9. The number of carbonyl (C=O) groups is 1. The molecule has 0 radical (unpaired) electrons. The molecule has 2 aliphatic heterocycles. The van der Waals surface area contributed by atoms with E-state index < -0.39 is 11.1 Å². The molecule has 2 aliphatic rings. The van der Waals surface area contributed by atoms with Gasteiger partial charge in [0.15, 0.2) is 0 Å². The summed E-state index contributed by atoms with van der Waals surface area (Å²) in [6.45, 7) is 7.66. The van der Waals surface area contributed by atoms with E-state index in [1.54, 1.807) is 30.6 Å². The van der Waals surface area contributed by atoms with Crippen molar-refractivity contribution in [1.29, 1.82) is 0 Å². The average molecular weight is 412 g/mol. The normalized spacial score (nSPS) is 24.0. The Morgan fingerprint density at radius 1 is 1.27 bits per heavy atom. The molecule has 0 N–H and O–H groups in total. The van der Waals surface area contributed by atoms with Crippen LogP contribution in [0.3, 0.4) is 0 Å². The molecule has 8 nitrogen and oxygen atoms in total. The van der Waals surface area contributed by atoms with E-state index in [9.17, 15) is 4.79 Å². The van der Waals surface area contributed by atoms with Crippen LogP contribution in [-0.2, 0) is 21.7 Å². The Labute approximate surface area is 176 Å². The second-order valence-electron chi connectivity index (χ2n) is 8.75. The lowest BCUT2D eigenvalue weighted by atomic mass is 9.85. The monoisotopic (exact) mass is 412 g/mol. The number of fused-ring (bicyclic) bond motifs is 1. The molecule has 0 aliphatic carbocycles. The molecule has 1 amide bonds. The lowest BCUT2D eigenvalue weighted by molar-refractivity contribution is -0.177. The maximum Gasteiger partial charge on any atom is 0.410 e. The molecule has 1 aromatic carbocycles. The summed E-state index contributed by atoms with van der Waals surface area (Å²) in [5.41, 5.74) is 0.751. The van der Waals surface area contributed by atoms with Crippen LogP contribution in [0.25, 0.3) is 0 Å². The largest absolute Gasteiger partial charge is 0.497 e. The van der Waals surface area contributed by atoms with Crippen molar-refractivity contribution in [1.82, 2.24) is 19.9 Å². The van der Waals surface area contributed by atoms with Crippen LogP contribution in [-0.4, -0.2) is 58.4 Å². The van der Waals surface area contributed by atoms with E-state index in [4.69, 9.17) is 14.3 Å². The van der Waals surface area contributed by atoms with Crippen molar-refractivity contribution in [3.05, 3.63) is 54.1 Å². The smallest absolute Gasteiger partial charge is 0.410 e. The Morgan fingerprint density at radius 2 is 2.03 bits per heavy atom. The average Bonchev–Trinajstić information content (AvgIpc) is 3.26. The van der Waals surface area contributed by atoms with E-state index >= 15 is 0 Å². The number of nitrogens with zero attached hydrogens (tertiary/aromatic N) is 4. The number of hydrogen-bond acceptors (Lipinski definition) is 7. The zero-order chi connectivity index (χ0) is 21.4. The standard InChI is InChI=1S/C22H28N4O4/c1-21(2,3)30-20(27)25-13-17-14-29-26(12-16-5-7-18(28-4)8-6-16)22(17,15-25)19-11-23-9-10-24-19/h5-11,17H,12-15H2,1-4H3. The minimum Gasteiger partial charge on any atom is -0.497 e. The highest BCUT2D eigenvalue weighted by molar-refractivity contribution is 5.69. The van der Waals surface area contributed by atoms with Crippen LogP contribution in [0.15, 0.2) is 42.9 Å². The molecule has 3 heterocycles. The molecule has 160 valence electrons. The number of aromatic nitrogens is 2. The van der Waals surface area contributed by atoms with Gasteiger partial charge >= 0.3 is 6.09 Å². The van der Waals surface area contributed by atoms with Gasteiger partial charge in [0.05, 0.1) is 38.7 Å². The van der Waals surface area contributed by atoms with Gasteiger partial charge in [0, 0.05) is 24.9 Å². The maximum atomic E-state index is 12.8. The molecule has 2 unspecified atom stereocenters. The Morgan fingerprint density at radius 3 is 2.67 bits per heavy atom. The highest BCUT2D eigenvalue weighted by Gasteiger charge is 2.59. The van der Waals surface area contributed by atoms with Crippen molar-refractivity contribution >= 4 is 6.09 Å². The number of methoxy groups -OCH3 is 1. The van der Waals surface area contributed by atoms with Crippen LogP contribution < -0.4 is 4.74 Å². The number of hydrogen-bond donors (Lipinski definition) is 0. The van der Waals surface area contributed by atoms with Crippen LogP contribution in [0.1, 0.15) is 32.0 Å². The van der Waals surface area contributed by atoms with Gasteiger partial charge in [-0.05, 0) is 38.5 Å². The van der Waals surface area contributed by atoms with Crippen molar-refractivity contribution in [3.8, 4) is 5.75 Å². The van der Waals surface area contributed by atoms with E-state index in [0.717, 1.165) is 17.0 Å². The van der Waals surface area contributed by atoms with Crippen molar-refractivity contribution in [2.45, 2.75) is 38.5 Å². The number of hydroxylamine groups is 2. The first-order valence-corrected chi connectivity index (χ1v) is 10.1. The summed E-state index contributed by atoms with van der Waals surface area (Å²) in [5.74, 6) is 0.875. The van der Waals surface area contributed by atoms with E-state index in [0.29, 0.717) is 26.2 Å². The minimum atomic E-state index is -0.578. The van der Waals surface area contributed by atoms with E-state index in [-0.39, 0.29) is 12.0 Å². The van der Waals surface area contributed by atoms with Gasteiger partial charge in [0.25, 0.3) is 0 Å². The third-order valence-corrected chi connectivity index (χ3v) is 5.57. The number of rotatable bonds is 4. The second kappa shape index (κ2) is 7.85. The number of benzene rings is 1. The number of amides is 1. The van der Waals surface area contributed by atoms with Gasteiger partial charge in [-0.2, -0.15) is 5.06 Å². The first-order valence-electron chi connectivity index (χ1n) is 10.1. The van der Waals surface area contributed by atoms with Crippen LogP contribution in [0.5, 0.6) is 5.75 Å². The fourth-order valence-electron chi connectivity index (χ4n) is 4.16. The quantitative estimate of drug-likeness (QED) is 0.764. The molecule has 2 aromatic rings. The van der Waals surface area contributed by atoms with Crippen LogP contribution in [0.4, 0.5) is 4.79 Å². The van der Waals surface area contributed by atoms with Crippen molar-refractivity contribution in [3.63, 3.8) is 0 Å². The SMILES string of the molecule is COc1ccc(CN2OCC3CN(C(=O)OC(C)(C)C)CC32c2cnccn2)cc1. The van der Waals surface area contributed by atoms with Crippen molar-refractivity contribution in [2.24, 2.45) is 5.92 Å².